The van der Waals surface area contributed by atoms with Crippen molar-refractivity contribution in [3.63, 3.8) is 0 Å². The number of hydrogen-bond acceptors (Lipinski definition) is 4. The van der Waals surface area contributed by atoms with Crippen molar-refractivity contribution in [1.29, 1.82) is 0 Å². The van der Waals surface area contributed by atoms with Gasteiger partial charge in [-0.3, -0.25) is 9.59 Å². The molecule has 4 N–H and O–H groups in total. The molecule has 1 spiro atoms. The fourth-order valence-corrected chi connectivity index (χ4v) is 6.78. The fraction of sp³-hybridized carbons (Fsp3) is 0.533. The van der Waals surface area contributed by atoms with Crippen molar-refractivity contribution in [1.82, 2.24) is 10.6 Å². The van der Waals surface area contributed by atoms with Crippen molar-refractivity contribution in [2.75, 3.05) is 12.0 Å². The lowest BCUT2D eigenvalue weighted by molar-refractivity contribution is -0.125. The van der Waals surface area contributed by atoms with Gasteiger partial charge in [-0.2, -0.15) is 0 Å². The Morgan fingerprint density at radius 2 is 2.08 bits per heavy atom. The molecule has 6 atom stereocenters. The van der Waals surface area contributed by atoms with Crippen LogP contribution in [0, 0.1) is 11.3 Å². The van der Waals surface area contributed by atoms with Gasteiger partial charge in [-0.1, -0.05) is 68.8 Å². The molecular weight excluding hydrogens is 540 g/mol. The smallest absolute Gasteiger partial charge is 0.238 e. The minimum absolute atomic E-state index is 0.0325. The molecule has 3 aliphatic rings. The molecule has 0 bridgehead atoms. The van der Waals surface area contributed by atoms with Crippen LogP contribution >= 0.6 is 23.2 Å². The summed E-state index contributed by atoms with van der Waals surface area (Å²) in [5.74, 6) is -1.14. The molecule has 9 heteroatoms. The number of fused-ring (bicyclic) bond motifs is 2. The van der Waals surface area contributed by atoms with Gasteiger partial charge in [0.2, 0.25) is 11.8 Å². The van der Waals surface area contributed by atoms with E-state index >= 15 is 0 Å². The van der Waals surface area contributed by atoms with E-state index in [1.807, 2.05) is 6.07 Å². The second-order valence-electron chi connectivity index (χ2n) is 12.6. The Morgan fingerprint density at radius 3 is 2.69 bits per heavy atom. The molecule has 4 rings (SSSR count). The number of anilines is 1. The zero-order chi connectivity index (χ0) is 28.8. The predicted octanol–water partition coefficient (Wildman–Crippen LogP) is 5.55. The largest absolute Gasteiger partial charge is 0.390 e. The third kappa shape index (κ3) is 5.97. The van der Waals surface area contributed by atoms with Gasteiger partial charge in [0, 0.05) is 33.7 Å². The lowest BCUT2D eigenvalue weighted by Gasteiger charge is -2.37. The Kier molecular flexibility index (Phi) is 8.40. The van der Waals surface area contributed by atoms with Gasteiger partial charge in [-0.25, -0.2) is 4.39 Å². The van der Waals surface area contributed by atoms with E-state index in [9.17, 15) is 19.1 Å². The highest BCUT2D eigenvalue weighted by molar-refractivity contribution is 6.31. The number of benzene rings is 1. The van der Waals surface area contributed by atoms with Gasteiger partial charge in [0.25, 0.3) is 0 Å². The zero-order valence-corrected chi connectivity index (χ0v) is 24.4. The highest BCUT2D eigenvalue weighted by atomic mass is 35.5. The SMILES string of the molecule is C=C(/C=C\C=C(\Cl)CF)[C@H]1[C@H](C(=O)N[C@H]2CC[C@@](C)(O)C2)N[C@H](CC(C)(C)C)[C@]12C(=O)Nc1cc(Cl)ccc12. The van der Waals surface area contributed by atoms with Crippen molar-refractivity contribution >= 4 is 40.7 Å². The van der Waals surface area contributed by atoms with Gasteiger partial charge in [0.15, 0.2) is 0 Å². The van der Waals surface area contributed by atoms with Crippen LogP contribution in [0.4, 0.5) is 10.1 Å². The Morgan fingerprint density at radius 1 is 1.36 bits per heavy atom. The predicted molar refractivity (Wildman–Crippen MR) is 155 cm³/mol. The quantitative estimate of drug-likeness (QED) is 0.320. The molecule has 0 unspecified atom stereocenters. The molecule has 1 saturated heterocycles. The molecule has 6 nitrogen and oxygen atoms in total. The van der Waals surface area contributed by atoms with E-state index in [0.717, 1.165) is 5.56 Å². The summed E-state index contributed by atoms with van der Waals surface area (Å²) in [6.45, 7) is 11.6. The molecule has 1 aromatic rings. The maximum absolute atomic E-state index is 14.1. The minimum atomic E-state index is -1.15. The van der Waals surface area contributed by atoms with Crippen molar-refractivity contribution in [3.8, 4) is 0 Å². The molecular formula is C30H38Cl2FN3O3. The molecule has 212 valence electrons. The molecule has 2 aliphatic heterocycles. The molecule has 39 heavy (non-hydrogen) atoms. The minimum Gasteiger partial charge on any atom is -0.390 e. The molecule has 0 radical (unpaired) electrons. The first-order valence-electron chi connectivity index (χ1n) is 13.4. The summed E-state index contributed by atoms with van der Waals surface area (Å²) < 4.78 is 12.9. The van der Waals surface area contributed by atoms with E-state index in [2.05, 4.69) is 43.3 Å². The van der Waals surface area contributed by atoms with Crippen LogP contribution in [0.2, 0.25) is 5.02 Å². The number of allylic oxidation sites excluding steroid dienone is 4. The molecule has 1 saturated carbocycles. The first-order valence-corrected chi connectivity index (χ1v) is 14.1. The Hall–Kier alpha value is -2.19. The maximum atomic E-state index is 14.1. The number of carbonyl (C=O) groups excluding carboxylic acids is 2. The molecule has 1 aliphatic carbocycles. The highest BCUT2D eigenvalue weighted by Crippen LogP contribution is 2.55. The normalized spacial score (nSPS) is 32.6. The average Bonchev–Trinajstić information content (AvgIpc) is 3.44. The molecule has 2 amide bonds. The second-order valence-corrected chi connectivity index (χ2v) is 13.5. The van der Waals surface area contributed by atoms with Crippen molar-refractivity contribution < 1.29 is 19.1 Å². The van der Waals surface area contributed by atoms with Gasteiger partial charge >= 0.3 is 0 Å². The van der Waals surface area contributed by atoms with Crippen LogP contribution in [-0.2, 0) is 15.0 Å². The number of aliphatic hydroxyl groups is 1. The number of nitrogens with one attached hydrogen (secondary N) is 3. The fourth-order valence-electron chi connectivity index (χ4n) is 6.53. The summed E-state index contributed by atoms with van der Waals surface area (Å²) in [5, 5.41) is 20.7. The van der Waals surface area contributed by atoms with Gasteiger partial charge in [-0.05, 0) is 67.4 Å². The van der Waals surface area contributed by atoms with Crippen LogP contribution in [0.15, 0.2) is 53.6 Å². The van der Waals surface area contributed by atoms with Crippen molar-refractivity contribution in [3.05, 3.63) is 64.2 Å². The van der Waals surface area contributed by atoms with Crippen LogP contribution in [0.3, 0.4) is 0 Å². The molecule has 1 aromatic carbocycles. The first kappa shape index (κ1) is 29.8. The first-order chi connectivity index (χ1) is 18.2. The summed E-state index contributed by atoms with van der Waals surface area (Å²) in [5.41, 5.74) is -0.234. The summed E-state index contributed by atoms with van der Waals surface area (Å²) in [6.07, 6.45) is 7.05. The maximum Gasteiger partial charge on any atom is 0.238 e. The van der Waals surface area contributed by atoms with E-state index in [1.165, 1.54) is 6.08 Å². The third-order valence-corrected chi connectivity index (χ3v) is 8.54. The van der Waals surface area contributed by atoms with E-state index < -0.39 is 35.7 Å². The van der Waals surface area contributed by atoms with Crippen LogP contribution in [-0.4, -0.2) is 47.3 Å². The van der Waals surface area contributed by atoms with Crippen LogP contribution in [0.1, 0.15) is 58.9 Å². The number of alkyl halides is 1. The second kappa shape index (κ2) is 11.0. The number of halogens is 3. The Bertz CT molecular complexity index is 1220. The highest BCUT2D eigenvalue weighted by Gasteiger charge is 2.65. The number of rotatable bonds is 7. The van der Waals surface area contributed by atoms with Gasteiger partial charge in [0.1, 0.15) is 12.1 Å². The summed E-state index contributed by atoms with van der Waals surface area (Å²) in [4.78, 5) is 28.0. The van der Waals surface area contributed by atoms with E-state index in [-0.39, 0.29) is 28.3 Å². The summed E-state index contributed by atoms with van der Waals surface area (Å²) in [7, 11) is 0. The average molecular weight is 579 g/mol. The number of carbonyl (C=O) groups is 2. The van der Waals surface area contributed by atoms with E-state index in [4.69, 9.17) is 23.2 Å². The van der Waals surface area contributed by atoms with Crippen LogP contribution < -0.4 is 16.0 Å². The molecule has 2 heterocycles. The van der Waals surface area contributed by atoms with Crippen LogP contribution in [0.5, 0.6) is 0 Å². The zero-order valence-electron chi connectivity index (χ0n) is 22.9. The van der Waals surface area contributed by atoms with Gasteiger partial charge in [0.05, 0.1) is 11.6 Å². The Labute approximate surface area is 240 Å². The van der Waals surface area contributed by atoms with Crippen molar-refractivity contribution in [2.45, 2.75) is 82.5 Å². The monoisotopic (exact) mass is 577 g/mol. The standard InChI is InChI=1S/C30H38Cl2FN3O3/c1-17(7-6-8-19(32)16-33)24-25(26(37)34-20-11-12-29(5,39)14-20)36-23(15-28(2,3)4)30(24)21-10-9-18(31)13-22(21)35-27(30)38/h6-10,13,20,23-25,36,39H,1,11-12,14-16H2,2-5H3,(H,34,37)(H,35,38)/b7-6-,19-8+/t20-,23+,24-,25+,29+,30-/m0/s1. The topological polar surface area (TPSA) is 90.5 Å². The molecule has 2 fully saturated rings. The lowest BCUT2D eigenvalue weighted by Crippen LogP contribution is -2.51. The third-order valence-electron chi connectivity index (χ3n) is 8.08. The summed E-state index contributed by atoms with van der Waals surface area (Å²) in [6, 6.07) is 3.97. The number of amides is 2. The van der Waals surface area contributed by atoms with Crippen LogP contribution in [0.25, 0.3) is 0 Å². The van der Waals surface area contributed by atoms with Gasteiger partial charge in [-0.15, -0.1) is 0 Å². The number of hydrogen-bond donors (Lipinski definition) is 4. The lowest BCUT2D eigenvalue weighted by atomic mass is 9.62. The van der Waals surface area contributed by atoms with E-state index in [1.54, 1.807) is 31.2 Å². The molecule has 0 aromatic heterocycles. The van der Waals surface area contributed by atoms with Crippen molar-refractivity contribution in [2.24, 2.45) is 11.3 Å². The van der Waals surface area contributed by atoms with E-state index in [0.29, 0.717) is 42.0 Å². The summed E-state index contributed by atoms with van der Waals surface area (Å²) >= 11 is 12.1. The Balaban J connectivity index is 1.82. The van der Waals surface area contributed by atoms with Gasteiger partial charge < -0.3 is 21.1 Å².